The van der Waals surface area contributed by atoms with Crippen LogP contribution in [0.1, 0.15) is 29.0 Å². The second kappa shape index (κ2) is 5.98. The number of hydrogen-bond donors (Lipinski definition) is 2. The first-order chi connectivity index (χ1) is 10.9. The molecular weight excluding hydrogens is 342 g/mol. The Morgan fingerprint density at radius 2 is 1.88 bits per heavy atom. The molecule has 1 fully saturated rings. The largest absolute Gasteiger partial charge is 0.480 e. The number of rotatable bonds is 2. The van der Waals surface area contributed by atoms with Crippen LogP contribution in [0.4, 0.5) is 26.3 Å². The van der Waals surface area contributed by atoms with E-state index in [4.69, 9.17) is 10.4 Å². The van der Waals surface area contributed by atoms with Crippen molar-refractivity contribution in [2.75, 3.05) is 0 Å². The molecule has 3 atom stereocenters. The van der Waals surface area contributed by atoms with Crippen molar-refractivity contribution in [1.29, 1.82) is 5.26 Å². The minimum atomic E-state index is -4.91. The predicted molar refractivity (Wildman–Crippen MR) is 67.9 cm³/mol. The van der Waals surface area contributed by atoms with Crippen molar-refractivity contribution in [3.05, 3.63) is 34.9 Å². The average Bonchev–Trinajstić information content (AvgIpc) is 2.91. The molecule has 1 heterocycles. The van der Waals surface area contributed by atoms with E-state index in [2.05, 4.69) is 0 Å². The first-order valence-corrected chi connectivity index (χ1v) is 6.62. The number of carboxylic acid groups (broad SMARTS) is 1. The molecule has 0 aromatic heterocycles. The van der Waals surface area contributed by atoms with Crippen LogP contribution in [0, 0.1) is 11.3 Å². The number of carbonyl (C=O) groups is 1. The zero-order valence-corrected chi connectivity index (χ0v) is 11.7. The van der Waals surface area contributed by atoms with Crippen molar-refractivity contribution >= 4 is 5.97 Å². The van der Waals surface area contributed by atoms with Crippen molar-refractivity contribution < 1.29 is 36.2 Å². The molecule has 1 aromatic carbocycles. The highest BCUT2D eigenvalue weighted by Gasteiger charge is 2.52. The van der Waals surface area contributed by atoms with Crippen LogP contribution in [-0.2, 0) is 11.0 Å². The SMILES string of the molecule is N#Cc1ccc(C2C[C@@H](C(=O)O)N[C@@H]2C(F)(F)F)cc1C(F)(F)F. The molecule has 1 aromatic rings. The highest BCUT2D eigenvalue weighted by molar-refractivity contribution is 5.74. The number of nitrogens with one attached hydrogen (secondary N) is 1. The number of nitrogens with zero attached hydrogens (tertiary/aromatic N) is 1. The van der Waals surface area contributed by atoms with Gasteiger partial charge in [-0.25, -0.2) is 0 Å². The van der Waals surface area contributed by atoms with Gasteiger partial charge in [0.1, 0.15) is 12.1 Å². The van der Waals surface area contributed by atoms with E-state index in [9.17, 15) is 31.1 Å². The van der Waals surface area contributed by atoms with Crippen LogP contribution in [0.2, 0.25) is 0 Å². The molecule has 130 valence electrons. The topological polar surface area (TPSA) is 73.1 Å². The summed E-state index contributed by atoms with van der Waals surface area (Å²) in [5.41, 5.74) is -2.38. The van der Waals surface area contributed by atoms with E-state index in [1.165, 1.54) is 6.07 Å². The fourth-order valence-electron chi connectivity index (χ4n) is 2.74. The average molecular weight is 352 g/mol. The van der Waals surface area contributed by atoms with E-state index in [1.807, 2.05) is 5.32 Å². The number of halogens is 6. The van der Waals surface area contributed by atoms with Gasteiger partial charge < -0.3 is 5.11 Å². The van der Waals surface area contributed by atoms with Crippen LogP contribution in [0.3, 0.4) is 0 Å². The monoisotopic (exact) mass is 352 g/mol. The Labute approximate surface area is 131 Å². The van der Waals surface area contributed by atoms with Gasteiger partial charge in [-0.05, 0) is 24.1 Å². The Kier molecular flexibility index (Phi) is 4.50. The number of alkyl halides is 6. The van der Waals surface area contributed by atoms with Crippen molar-refractivity contribution in [2.24, 2.45) is 0 Å². The molecule has 0 saturated carbocycles. The summed E-state index contributed by atoms with van der Waals surface area (Å²) in [5, 5.41) is 19.5. The fourth-order valence-corrected chi connectivity index (χ4v) is 2.74. The molecule has 1 aliphatic heterocycles. The van der Waals surface area contributed by atoms with Gasteiger partial charge in [-0.1, -0.05) is 6.07 Å². The second-order valence-corrected chi connectivity index (χ2v) is 5.33. The van der Waals surface area contributed by atoms with Crippen LogP contribution in [0.15, 0.2) is 18.2 Å². The smallest absolute Gasteiger partial charge is 0.417 e. The van der Waals surface area contributed by atoms with Crippen molar-refractivity contribution in [3.8, 4) is 6.07 Å². The molecule has 0 aliphatic carbocycles. The van der Waals surface area contributed by atoms with Gasteiger partial charge in [0.25, 0.3) is 0 Å². The highest BCUT2D eigenvalue weighted by atomic mass is 19.4. The Morgan fingerprint density at radius 1 is 1.25 bits per heavy atom. The number of aliphatic carboxylic acids is 1. The van der Waals surface area contributed by atoms with Gasteiger partial charge in [0.2, 0.25) is 0 Å². The Balaban J connectivity index is 2.49. The number of carboxylic acids is 1. The quantitative estimate of drug-likeness (QED) is 0.803. The lowest BCUT2D eigenvalue weighted by Gasteiger charge is -2.23. The zero-order valence-electron chi connectivity index (χ0n) is 11.7. The lowest BCUT2D eigenvalue weighted by molar-refractivity contribution is -0.157. The lowest BCUT2D eigenvalue weighted by Crippen LogP contribution is -2.45. The molecule has 0 amide bonds. The summed E-state index contributed by atoms with van der Waals surface area (Å²) < 4.78 is 78.1. The maximum atomic E-state index is 13.1. The van der Waals surface area contributed by atoms with Gasteiger partial charge in [0, 0.05) is 5.92 Å². The summed E-state index contributed by atoms with van der Waals surface area (Å²) in [5.74, 6) is -3.02. The number of hydrogen-bond acceptors (Lipinski definition) is 3. The molecule has 0 radical (unpaired) electrons. The van der Waals surface area contributed by atoms with Gasteiger partial charge in [-0.3, -0.25) is 10.1 Å². The van der Waals surface area contributed by atoms with Crippen LogP contribution in [0.5, 0.6) is 0 Å². The van der Waals surface area contributed by atoms with E-state index in [0.717, 1.165) is 12.1 Å². The minimum absolute atomic E-state index is 0.320. The maximum absolute atomic E-state index is 13.1. The van der Waals surface area contributed by atoms with Crippen LogP contribution in [0.25, 0.3) is 0 Å². The van der Waals surface area contributed by atoms with E-state index < -0.39 is 53.9 Å². The third-order valence-corrected chi connectivity index (χ3v) is 3.82. The third kappa shape index (κ3) is 3.46. The van der Waals surface area contributed by atoms with Crippen LogP contribution >= 0.6 is 0 Å². The maximum Gasteiger partial charge on any atom is 0.417 e. The van der Waals surface area contributed by atoms with Gasteiger partial charge in [0.15, 0.2) is 0 Å². The third-order valence-electron chi connectivity index (χ3n) is 3.82. The standard InChI is InChI=1S/C14H10F6N2O2/c15-13(16,17)9-3-6(1-2-7(9)5-21)8-4-10(12(23)24)22-11(8)14(18,19)20/h1-3,8,10-11,22H,4H2,(H,23,24)/t8?,10-,11-/m0/s1. The summed E-state index contributed by atoms with van der Waals surface area (Å²) in [6, 6.07) is -0.209. The lowest BCUT2D eigenvalue weighted by atomic mass is 9.88. The molecule has 24 heavy (non-hydrogen) atoms. The molecular formula is C14H10F6N2O2. The molecule has 4 nitrogen and oxygen atoms in total. The molecule has 10 heteroatoms. The first kappa shape index (κ1) is 18.1. The van der Waals surface area contributed by atoms with Gasteiger partial charge in [-0.2, -0.15) is 31.6 Å². The van der Waals surface area contributed by atoms with Crippen molar-refractivity contribution in [3.63, 3.8) is 0 Å². The zero-order chi connectivity index (χ0) is 18.3. The Hall–Kier alpha value is -2.28. The minimum Gasteiger partial charge on any atom is -0.480 e. The van der Waals surface area contributed by atoms with E-state index in [1.54, 1.807) is 0 Å². The molecule has 1 saturated heterocycles. The molecule has 2 rings (SSSR count). The summed E-state index contributed by atoms with van der Waals surface area (Å²) in [6.07, 6.45) is -10.3. The molecule has 1 aliphatic rings. The van der Waals surface area contributed by atoms with Crippen molar-refractivity contribution in [2.45, 2.75) is 36.8 Å². The second-order valence-electron chi connectivity index (χ2n) is 5.33. The summed E-state index contributed by atoms with van der Waals surface area (Å²) in [4.78, 5) is 10.9. The van der Waals surface area contributed by atoms with E-state index in [-0.39, 0.29) is 5.56 Å². The first-order valence-electron chi connectivity index (χ1n) is 6.62. The van der Waals surface area contributed by atoms with E-state index >= 15 is 0 Å². The van der Waals surface area contributed by atoms with Gasteiger partial charge >= 0.3 is 18.3 Å². The predicted octanol–water partition coefficient (Wildman–Crippen LogP) is 3.04. The molecule has 2 N–H and O–H groups in total. The molecule has 0 spiro atoms. The summed E-state index contributed by atoms with van der Waals surface area (Å²) in [7, 11) is 0. The van der Waals surface area contributed by atoms with Crippen LogP contribution in [-0.4, -0.2) is 29.3 Å². The fraction of sp³-hybridized carbons (Fsp3) is 0.429. The highest BCUT2D eigenvalue weighted by Crippen LogP contribution is 2.41. The molecule has 1 unspecified atom stereocenters. The Morgan fingerprint density at radius 3 is 2.33 bits per heavy atom. The summed E-state index contributed by atoms with van der Waals surface area (Å²) in [6.45, 7) is 0. The molecule has 0 bridgehead atoms. The van der Waals surface area contributed by atoms with Gasteiger partial charge in [0.05, 0.1) is 17.2 Å². The van der Waals surface area contributed by atoms with E-state index in [0.29, 0.717) is 6.07 Å². The van der Waals surface area contributed by atoms with Gasteiger partial charge in [-0.15, -0.1) is 0 Å². The normalized spacial score (nSPS) is 24.6. The van der Waals surface area contributed by atoms with Crippen LogP contribution < -0.4 is 5.32 Å². The number of nitriles is 1. The number of benzene rings is 1. The van der Waals surface area contributed by atoms with Crippen molar-refractivity contribution in [1.82, 2.24) is 5.32 Å². The Bertz CT molecular complexity index is 692. The summed E-state index contributed by atoms with van der Waals surface area (Å²) >= 11 is 0.